The number of sulfonamides is 1. The van der Waals surface area contributed by atoms with Gasteiger partial charge in [0.1, 0.15) is 0 Å². The van der Waals surface area contributed by atoms with Crippen LogP contribution in [0.4, 0.5) is 0 Å². The summed E-state index contributed by atoms with van der Waals surface area (Å²) in [5, 5.41) is 2.84. The van der Waals surface area contributed by atoms with E-state index >= 15 is 0 Å². The molecule has 0 aliphatic heterocycles. The minimum atomic E-state index is -3.19. The normalized spacial score (nSPS) is 21.6. The highest BCUT2D eigenvalue weighted by Gasteiger charge is 2.30. The fourth-order valence-electron chi connectivity index (χ4n) is 2.77. The molecule has 2 fully saturated rings. The van der Waals surface area contributed by atoms with Crippen molar-refractivity contribution in [3.8, 4) is 0 Å². The van der Waals surface area contributed by atoms with Crippen molar-refractivity contribution in [2.75, 3.05) is 19.3 Å². The van der Waals surface area contributed by atoms with E-state index in [1.54, 1.807) is 4.31 Å². The second-order valence-corrected chi connectivity index (χ2v) is 7.67. The number of carbonyl (C=O) groups excluding carboxylic acids is 1. The standard InChI is InChI=1S/C13H24N2O3S/c1-19(17,18)15(12-5-3-2-4-6-12)10-9-14-13(16)11-7-8-11/h11-12H,2-10H2,1H3,(H,14,16). The van der Waals surface area contributed by atoms with E-state index in [9.17, 15) is 13.2 Å². The largest absolute Gasteiger partial charge is 0.355 e. The monoisotopic (exact) mass is 288 g/mol. The lowest BCUT2D eigenvalue weighted by Crippen LogP contribution is -2.45. The number of amides is 1. The van der Waals surface area contributed by atoms with Crippen molar-refractivity contribution < 1.29 is 13.2 Å². The molecule has 1 amide bonds. The number of rotatable bonds is 6. The Morgan fingerprint density at radius 1 is 1.16 bits per heavy atom. The number of hydrogen-bond donors (Lipinski definition) is 1. The van der Waals surface area contributed by atoms with Gasteiger partial charge < -0.3 is 5.32 Å². The first-order valence-electron chi connectivity index (χ1n) is 7.23. The van der Waals surface area contributed by atoms with Crippen LogP contribution in [-0.4, -0.2) is 44.0 Å². The average molecular weight is 288 g/mol. The van der Waals surface area contributed by atoms with Gasteiger partial charge in [0.25, 0.3) is 0 Å². The fourth-order valence-corrected chi connectivity index (χ4v) is 3.94. The van der Waals surface area contributed by atoms with Crippen LogP contribution in [0.5, 0.6) is 0 Å². The van der Waals surface area contributed by atoms with E-state index in [0.29, 0.717) is 13.1 Å². The summed E-state index contributed by atoms with van der Waals surface area (Å²) in [7, 11) is -3.19. The summed E-state index contributed by atoms with van der Waals surface area (Å²) in [6.07, 6.45) is 8.52. The molecule has 0 atom stereocenters. The minimum absolute atomic E-state index is 0.0806. The first-order valence-corrected chi connectivity index (χ1v) is 9.08. The zero-order valence-corrected chi connectivity index (χ0v) is 12.4. The van der Waals surface area contributed by atoms with Crippen molar-refractivity contribution >= 4 is 15.9 Å². The average Bonchev–Trinajstić information content (AvgIpc) is 3.18. The van der Waals surface area contributed by atoms with Gasteiger partial charge in [0.2, 0.25) is 15.9 Å². The van der Waals surface area contributed by atoms with Crippen molar-refractivity contribution in [1.82, 2.24) is 9.62 Å². The van der Waals surface area contributed by atoms with Crippen molar-refractivity contribution in [3.05, 3.63) is 0 Å². The van der Waals surface area contributed by atoms with Crippen LogP contribution in [0.2, 0.25) is 0 Å². The molecule has 0 radical (unpaired) electrons. The Bertz CT molecular complexity index is 412. The van der Waals surface area contributed by atoms with Crippen LogP contribution in [0.15, 0.2) is 0 Å². The molecule has 2 aliphatic rings. The van der Waals surface area contributed by atoms with Crippen molar-refractivity contribution in [3.63, 3.8) is 0 Å². The van der Waals surface area contributed by atoms with Crippen molar-refractivity contribution in [2.24, 2.45) is 5.92 Å². The summed E-state index contributed by atoms with van der Waals surface area (Å²) in [4.78, 5) is 11.5. The number of hydrogen-bond acceptors (Lipinski definition) is 3. The van der Waals surface area contributed by atoms with Crippen LogP contribution in [0.25, 0.3) is 0 Å². The van der Waals surface area contributed by atoms with Crippen LogP contribution >= 0.6 is 0 Å². The van der Waals surface area contributed by atoms with Crippen molar-refractivity contribution in [2.45, 2.75) is 51.0 Å². The molecule has 0 heterocycles. The summed E-state index contributed by atoms with van der Waals surface area (Å²) < 4.78 is 25.3. The minimum Gasteiger partial charge on any atom is -0.355 e. The topological polar surface area (TPSA) is 66.5 Å². The number of carbonyl (C=O) groups is 1. The van der Waals surface area contributed by atoms with E-state index in [2.05, 4.69) is 5.32 Å². The maximum atomic E-state index is 11.9. The van der Waals surface area contributed by atoms with Crippen LogP contribution in [-0.2, 0) is 14.8 Å². The molecule has 2 saturated carbocycles. The molecule has 0 aromatic rings. The van der Waals surface area contributed by atoms with Gasteiger partial charge in [-0.3, -0.25) is 4.79 Å². The Kier molecular flexibility index (Phi) is 4.84. The smallest absolute Gasteiger partial charge is 0.223 e. The highest BCUT2D eigenvalue weighted by atomic mass is 32.2. The van der Waals surface area contributed by atoms with Gasteiger partial charge in [-0.1, -0.05) is 19.3 Å². The van der Waals surface area contributed by atoms with Gasteiger partial charge in [-0.05, 0) is 25.7 Å². The summed E-state index contributed by atoms with van der Waals surface area (Å²) >= 11 is 0. The Morgan fingerprint density at radius 3 is 2.32 bits per heavy atom. The maximum absolute atomic E-state index is 11.9. The predicted octanol–water partition coefficient (Wildman–Crippen LogP) is 1.11. The summed E-state index contributed by atoms with van der Waals surface area (Å²) in [6.45, 7) is 0.834. The molecule has 5 nitrogen and oxygen atoms in total. The molecule has 0 saturated heterocycles. The maximum Gasteiger partial charge on any atom is 0.223 e. The molecule has 6 heteroatoms. The SMILES string of the molecule is CS(=O)(=O)N(CCNC(=O)C1CC1)C1CCCCC1. The molecule has 0 aromatic heterocycles. The number of nitrogens with one attached hydrogen (secondary N) is 1. The van der Waals surface area contributed by atoms with Gasteiger partial charge in [-0.25, -0.2) is 8.42 Å². The zero-order valence-electron chi connectivity index (χ0n) is 11.6. The van der Waals surface area contributed by atoms with E-state index in [-0.39, 0.29) is 17.9 Å². The second kappa shape index (κ2) is 6.22. The van der Waals surface area contributed by atoms with Crippen LogP contribution in [0.3, 0.4) is 0 Å². The molecule has 0 unspecified atom stereocenters. The van der Waals surface area contributed by atoms with Crippen LogP contribution < -0.4 is 5.32 Å². The molecule has 19 heavy (non-hydrogen) atoms. The van der Waals surface area contributed by atoms with E-state index in [4.69, 9.17) is 0 Å². The third-order valence-electron chi connectivity index (χ3n) is 3.99. The van der Waals surface area contributed by atoms with E-state index < -0.39 is 10.0 Å². The Morgan fingerprint density at radius 2 is 1.79 bits per heavy atom. The van der Waals surface area contributed by atoms with Gasteiger partial charge >= 0.3 is 0 Å². The first-order chi connectivity index (χ1) is 8.98. The van der Waals surface area contributed by atoms with Crippen LogP contribution in [0, 0.1) is 5.92 Å². The molecule has 0 spiro atoms. The molecular formula is C13H24N2O3S. The highest BCUT2D eigenvalue weighted by molar-refractivity contribution is 7.88. The summed E-state index contributed by atoms with van der Waals surface area (Å²) in [5.74, 6) is 0.262. The Hall–Kier alpha value is -0.620. The van der Waals surface area contributed by atoms with E-state index in [0.717, 1.165) is 38.5 Å². The molecule has 2 aliphatic carbocycles. The fraction of sp³-hybridized carbons (Fsp3) is 0.923. The lowest BCUT2D eigenvalue weighted by molar-refractivity contribution is -0.122. The first kappa shape index (κ1) is 14.8. The lowest BCUT2D eigenvalue weighted by Gasteiger charge is -2.32. The lowest BCUT2D eigenvalue weighted by atomic mass is 9.95. The zero-order chi connectivity index (χ0) is 13.9. The third kappa shape index (κ3) is 4.45. The Balaban J connectivity index is 1.84. The summed E-state index contributed by atoms with van der Waals surface area (Å²) in [6, 6.07) is 0.126. The predicted molar refractivity (Wildman–Crippen MR) is 74.2 cm³/mol. The molecule has 0 aromatic carbocycles. The van der Waals surface area contributed by atoms with E-state index in [1.165, 1.54) is 12.7 Å². The van der Waals surface area contributed by atoms with Gasteiger partial charge in [0.05, 0.1) is 6.26 Å². The Labute approximate surface area is 115 Å². The van der Waals surface area contributed by atoms with Gasteiger partial charge in [-0.15, -0.1) is 0 Å². The molecule has 110 valence electrons. The quantitative estimate of drug-likeness (QED) is 0.796. The second-order valence-electron chi connectivity index (χ2n) is 5.73. The van der Waals surface area contributed by atoms with Crippen LogP contribution in [0.1, 0.15) is 44.9 Å². The van der Waals surface area contributed by atoms with E-state index in [1.807, 2.05) is 0 Å². The third-order valence-corrected chi connectivity index (χ3v) is 5.32. The molecule has 0 bridgehead atoms. The highest BCUT2D eigenvalue weighted by Crippen LogP contribution is 2.28. The summed E-state index contributed by atoms with van der Waals surface area (Å²) in [5.41, 5.74) is 0. The molecule has 2 rings (SSSR count). The number of nitrogens with zero attached hydrogens (tertiary/aromatic N) is 1. The van der Waals surface area contributed by atoms with Crippen molar-refractivity contribution in [1.29, 1.82) is 0 Å². The molecular weight excluding hydrogens is 264 g/mol. The van der Waals surface area contributed by atoms with Gasteiger partial charge in [-0.2, -0.15) is 4.31 Å². The van der Waals surface area contributed by atoms with Gasteiger partial charge in [0.15, 0.2) is 0 Å². The van der Waals surface area contributed by atoms with Gasteiger partial charge in [0, 0.05) is 25.0 Å². The molecule has 1 N–H and O–H groups in total.